The summed E-state index contributed by atoms with van der Waals surface area (Å²) in [6.45, 7) is 1.88. The van der Waals surface area contributed by atoms with Gasteiger partial charge in [0.1, 0.15) is 11.9 Å². The van der Waals surface area contributed by atoms with Crippen LogP contribution in [-0.2, 0) is 16.1 Å². The van der Waals surface area contributed by atoms with E-state index in [9.17, 15) is 14.7 Å². The Kier molecular flexibility index (Phi) is 5.27. The average molecular weight is 377 g/mol. The molecule has 2 amide bonds. The molecular formula is C16H15N3O4S2. The van der Waals surface area contributed by atoms with E-state index in [1.807, 2.05) is 29.6 Å². The van der Waals surface area contributed by atoms with Crippen molar-refractivity contribution < 1.29 is 19.2 Å². The Labute approximate surface area is 151 Å². The van der Waals surface area contributed by atoms with Crippen molar-refractivity contribution in [3.8, 4) is 0 Å². The van der Waals surface area contributed by atoms with Crippen LogP contribution in [0.1, 0.15) is 26.5 Å². The minimum Gasteiger partial charge on any atom is -0.382 e. The molecule has 3 rings (SSSR count). The maximum absolute atomic E-state index is 11.8. The second-order valence-corrected chi connectivity index (χ2v) is 7.36. The number of nitrogens with one attached hydrogen (secondary N) is 2. The molecule has 9 heteroatoms. The quantitative estimate of drug-likeness (QED) is 0.593. The van der Waals surface area contributed by atoms with E-state index in [4.69, 9.17) is 4.52 Å². The highest BCUT2D eigenvalue weighted by atomic mass is 32.1. The Morgan fingerprint density at radius 1 is 1.28 bits per heavy atom. The number of aliphatic hydroxyl groups excluding tert-OH is 1. The first-order valence-electron chi connectivity index (χ1n) is 7.35. The van der Waals surface area contributed by atoms with Crippen molar-refractivity contribution in [2.24, 2.45) is 0 Å². The molecule has 0 aromatic carbocycles. The zero-order valence-electron chi connectivity index (χ0n) is 13.2. The van der Waals surface area contributed by atoms with E-state index in [0.29, 0.717) is 5.76 Å². The monoisotopic (exact) mass is 377 g/mol. The summed E-state index contributed by atoms with van der Waals surface area (Å²) >= 11 is 2.86. The summed E-state index contributed by atoms with van der Waals surface area (Å²) in [7, 11) is 0. The Morgan fingerprint density at radius 3 is 2.80 bits per heavy atom. The predicted octanol–water partition coefficient (Wildman–Crippen LogP) is 2.44. The number of hydrogen-bond donors (Lipinski definition) is 3. The molecule has 3 aromatic heterocycles. The van der Waals surface area contributed by atoms with Gasteiger partial charge in [-0.25, -0.2) is 0 Å². The molecule has 0 aliphatic rings. The lowest BCUT2D eigenvalue weighted by molar-refractivity contribution is -0.136. The number of carbonyl (C=O) groups excluding carboxylic acids is 2. The van der Waals surface area contributed by atoms with Gasteiger partial charge < -0.3 is 14.9 Å². The summed E-state index contributed by atoms with van der Waals surface area (Å²) in [5.41, 5.74) is 0. The van der Waals surface area contributed by atoms with Crippen molar-refractivity contribution in [3.63, 3.8) is 0 Å². The fourth-order valence-electron chi connectivity index (χ4n) is 2.07. The highest BCUT2D eigenvalue weighted by Gasteiger charge is 2.17. The lowest BCUT2D eigenvalue weighted by Crippen LogP contribution is -2.34. The minimum atomic E-state index is -0.816. The Bertz CT molecular complexity index is 870. The Balaban J connectivity index is 1.53. The molecule has 1 atom stereocenters. The van der Waals surface area contributed by atoms with E-state index in [-0.39, 0.29) is 12.4 Å². The van der Waals surface area contributed by atoms with Crippen LogP contribution < -0.4 is 10.6 Å². The molecule has 0 aliphatic heterocycles. The SMILES string of the molecule is Cc1cc(NC(=O)C(=O)NCc2ccc(C(O)c3cccs3)s2)no1. The molecule has 0 saturated heterocycles. The number of amides is 2. The number of aryl methyl sites for hydroxylation is 1. The van der Waals surface area contributed by atoms with Crippen molar-refractivity contribution in [3.05, 3.63) is 56.1 Å². The van der Waals surface area contributed by atoms with Gasteiger partial charge in [-0.1, -0.05) is 11.2 Å². The largest absolute Gasteiger partial charge is 0.382 e. The zero-order valence-corrected chi connectivity index (χ0v) is 14.8. The van der Waals surface area contributed by atoms with Crippen molar-refractivity contribution in [1.82, 2.24) is 10.5 Å². The highest BCUT2D eigenvalue weighted by Crippen LogP contribution is 2.30. The third-order valence-electron chi connectivity index (χ3n) is 3.26. The highest BCUT2D eigenvalue weighted by molar-refractivity contribution is 7.12. The van der Waals surface area contributed by atoms with Gasteiger partial charge in [-0.15, -0.1) is 22.7 Å². The number of anilines is 1. The number of nitrogens with zero attached hydrogens (tertiary/aromatic N) is 1. The Hall–Kier alpha value is -2.49. The number of thiophene rings is 2. The van der Waals surface area contributed by atoms with Crippen molar-refractivity contribution in [2.75, 3.05) is 5.32 Å². The third-order valence-corrected chi connectivity index (χ3v) is 5.33. The fourth-order valence-corrected chi connectivity index (χ4v) is 3.83. The summed E-state index contributed by atoms with van der Waals surface area (Å²) in [4.78, 5) is 26.1. The van der Waals surface area contributed by atoms with E-state index in [2.05, 4.69) is 15.8 Å². The van der Waals surface area contributed by atoms with Crippen LogP contribution in [0.3, 0.4) is 0 Å². The van der Waals surface area contributed by atoms with Gasteiger partial charge in [0.25, 0.3) is 0 Å². The smallest absolute Gasteiger partial charge is 0.314 e. The van der Waals surface area contributed by atoms with E-state index in [0.717, 1.165) is 14.6 Å². The summed E-state index contributed by atoms with van der Waals surface area (Å²) in [5.74, 6) is -0.862. The molecule has 3 heterocycles. The normalized spacial score (nSPS) is 11.9. The molecule has 25 heavy (non-hydrogen) atoms. The van der Waals surface area contributed by atoms with Gasteiger partial charge >= 0.3 is 11.8 Å². The van der Waals surface area contributed by atoms with Crippen LogP contribution in [0.2, 0.25) is 0 Å². The van der Waals surface area contributed by atoms with Crippen LogP contribution in [0.25, 0.3) is 0 Å². The molecule has 130 valence electrons. The predicted molar refractivity (Wildman–Crippen MR) is 94.4 cm³/mol. The maximum atomic E-state index is 11.8. The maximum Gasteiger partial charge on any atom is 0.314 e. The topological polar surface area (TPSA) is 104 Å². The van der Waals surface area contributed by atoms with Gasteiger partial charge in [0.2, 0.25) is 0 Å². The molecule has 0 fully saturated rings. The average Bonchev–Trinajstić information content (AvgIpc) is 3.34. The number of carbonyl (C=O) groups is 2. The summed E-state index contributed by atoms with van der Waals surface area (Å²) in [5, 5.41) is 20.7. The van der Waals surface area contributed by atoms with Gasteiger partial charge in [0.05, 0.1) is 6.54 Å². The number of rotatable bonds is 5. The lowest BCUT2D eigenvalue weighted by Gasteiger charge is -2.05. The molecule has 0 aliphatic carbocycles. The zero-order chi connectivity index (χ0) is 17.8. The van der Waals surface area contributed by atoms with E-state index in [1.54, 1.807) is 6.92 Å². The van der Waals surface area contributed by atoms with E-state index >= 15 is 0 Å². The van der Waals surface area contributed by atoms with Crippen LogP contribution in [0, 0.1) is 6.92 Å². The molecule has 3 aromatic rings. The van der Waals surface area contributed by atoms with E-state index < -0.39 is 17.9 Å². The van der Waals surface area contributed by atoms with Crippen molar-refractivity contribution >= 4 is 40.3 Å². The molecular weight excluding hydrogens is 362 g/mol. The number of aromatic nitrogens is 1. The first kappa shape index (κ1) is 17.3. The lowest BCUT2D eigenvalue weighted by atomic mass is 10.2. The summed E-state index contributed by atoms with van der Waals surface area (Å²) in [6.07, 6.45) is -0.673. The second-order valence-electron chi connectivity index (χ2n) is 5.18. The first-order chi connectivity index (χ1) is 12.0. The third kappa shape index (κ3) is 4.32. The summed E-state index contributed by atoms with van der Waals surface area (Å²) in [6, 6.07) is 8.90. The number of hydrogen-bond acceptors (Lipinski definition) is 7. The van der Waals surface area contributed by atoms with Crippen molar-refractivity contribution in [1.29, 1.82) is 0 Å². The van der Waals surface area contributed by atoms with Crippen LogP contribution in [0.4, 0.5) is 5.82 Å². The fraction of sp³-hybridized carbons (Fsp3) is 0.188. The molecule has 7 nitrogen and oxygen atoms in total. The van der Waals surface area contributed by atoms with Gasteiger partial charge in [-0.05, 0) is 30.5 Å². The molecule has 1 unspecified atom stereocenters. The minimum absolute atomic E-state index is 0.190. The van der Waals surface area contributed by atoms with Gasteiger partial charge in [0.15, 0.2) is 5.82 Å². The molecule has 0 saturated carbocycles. The second kappa shape index (κ2) is 7.60. The summed E-state index contributed by atoms with van der Waals surface area (Å²) < 4.78 is 4.81. The van der Waals surface area contributed by atoms with Crippen LogP contribution in [0.15, 0.2) is 40.2 Å². The van der Waals surface area contributed by atoms with Crippen LogP contribution in [-0.4, -0.2) is 22.1 Å². The van der Waals surface area contributed by atoms with Crippen LogP contribution >= 0.6 is 22.7 Å². The Morgan fingerprint density at radius 2 is 2.12 bits per heavy atom. The molecule has 0 spiro atoms. The van der Waals surface area contributed by atoms with Crippen LogP contribution in [0.5, 0.6) is 0 Å². The standard InChI is InChI=1S/C16H15N3O4S2/c1-9-7-13(19-23-9)18-16(22)15(21)17-8-10-4-5-12(25-10)14(20)11-3-2-6-24-11/h2-7,14,20H,8H2,1H3,(H,17,21)(H,18,19,22). The van der Waals surface area contributed by atoms with Gasteiger partial charge in [-0.3, -0.25) is 14.9 Å². The van der Waals surface area contributed by atoms with E-state index in [1.165, 1.54) is 28.7 Å². The van der Waals surface area contributed by atoms with Crippen molar-refractivity contribution in [2.45, 2.75) is 19.6 Å². The molecule has 0 bridgehead atoms. The molecule has 3 N–H and O–H groups in total. The number of aliphatic hydroxyl groups is 1. The van der Waals surface area contributed by atoms with Gasteiger partial charge in [0, 0.05) is 20.7 Å². The van der Waals surface area contributed by atoms with Gasteiger partial charge in [-0.2, -0.15) is 0 Å². The molecule has 0 radical (unpaired) electrons. The first-order valence-corrected chi connectivity index (χ1v) is 9.05.